The zero-order valence-electron chi connectivity index (χ0n) is 45.5. The Morgan fingerprint density at radius 1 is 0.314 bits per heavy atom. The molecule has 1 atom stereocenters. The van der Waals surface area contributed by atoms with E-state index in [0.717, 1.165) is 89.9 Å². The van der Waals surface area contributed by atoms with Gasteiger partial charge in [0.2, 0.25) is 0 Å². The predicted molar refractivity (Wildman–Crippen MR) is 302 cm³/mol. The summed E-state index contributed by atoms with van der Waals surface area (Å²) in [7, 11) is 0. The van der Waals surface area contributed by atoms with Gasteiger partial charge in [-0.25, -0.2) is 0 Å². The van der Waals surface area contributed by atoms with Crippen LogP contribution in [-0.4, -0.2) is 37.2 Å². The minimum Gasteiger partial charge on any atom is -0.462 e. The number of rotatable bonds is 51. The smallest absolute Gasteiger partial charge is 0.306 e. The first-order valence-corrected chi connectivity index (χ1v) is 28.9. The highest BCUT2D eigenvalue weighted by Crippen LogP contribution is 2.14. The zero-order chi connectivity index (χ0) is 50.7. The van der Waals surface area contributed by atoms with Gasteiger partial charge in [0.05, 0.1) is 0 Å². The van der Waals surface area contributed by atoms with E-state index >= 15 is 0 Å². The molecule has 0 spiro atoms. The number of hydrogen-bond donors (Lipinski definition) is 0. The maximum Gasteiger partial charge on any atom is 0.306 e. The molecule has 0 bridgehead atoms. The summed E-state index contributed by atoms with van der Waals surface area (Å²) in [5, 5.41) is 0. The van der Waals surface area contributed by atoms with Crippen LogP contribution >= 0.6 is 0 Å². The minimum absolute atomic E-state index is 0.118. The van der Waals surface area contributed by atoms with Crippen LogP contribution in [0.3, 0.4) is 0 Å². The van der Waals surface area contributed by atoms with Crippen molar-refractivity contribution in [1.82, 2.24) is 0 Å². The molecule has 0 aromatic heterocycles. The Balaban J connectivity index is 4.55. The lowest BCUT2D eigenvalue weighted by Gasteiger charge is -2.18. The van der Waals surface area contributed by atoms with Crippen LogP contribution in [0, 0.1) is 0 Å². The van der Waals surface area contributed by atoms with E-state index in [4.69, 9.17) is 14.2 Å². The van der Waals surface area contributed by atoms with E-state index in [1.165, 1.54) is 122 Å². The Kier molecular flexibility index (Phi) is 54.4. The Labute approximate surface area is 431 Å². The van der Waals surface area contributed by atoms with Crippen molar-refractivity contribution in [3.05, 3.63) is 109 Å². The molecule has 0 aromatic rings. The van der Waals surface area contributed by atoms with Crippen molar-refractivity contribution in [2.24, 2.45) is 0 Å². The standard InChI is InChI=1S/C64H106O6/c1-4-7-10-13-16-19-22-25-28-31-32-34-36-39-42-45-48-51-54-57-63(66)69-60-61(59-68-62(65)56-53-50-47-44-41-38-35-30-27-24-21-18-15-12-9-6-3)70-64(67)58-55-52-49-46-43-40-37-33-29-26-23-20-17-14-11-8-5-2/h7,10,16,19,25-26,28-30,32,34-35,38-39,41-42,48,51,61H,4-6,8-9,11-15,17-18,20-24,27,31,33,36-37,40,43-47,49-50,52-60H2,1-3H3/b10-7-,19-16-,28-25-,29-26-,34-32-,35-30-,41-38-,42-39-,51-48-. The molecule has 0 amide bonds. The maximum atomic E-state index is 12.9. The van der Waals surface area contributed by atoms with Crippen molar-refractivity contribution in [2.45, 2.75) is 264 Å². The molecule has 1 unspecified atom stereocenters. The van der Waals surface area contributed by atoms with Gasteiger partial charge < -0.3 is 14.2 Å². The van der Waals surface area contributed by atoms with Crippen molar-refractivity contribution in [3.8, 4) is 0 Å². The van der Waals surface area contributed by atoms with Gasteiger partial charge in [-0.05, 0) is 109 Å². The van der Waals surface area contributed by atoms with E-state index in [2.05, 4.69) is 124 Å². The van der Waals surface area contributed by atoms with Crippen molar-refractivity contribution in [3.63, 3.8) is 0 Å². The quantitative estimate of drug-likeness (QED) is 0.0199. The van der Waals surface area contributed by atoms with Crippen LogP contribution in [0.25, 0.3) is 0 Å². The van der Waals surface area contributed by atoms with E-state index in [1.807, 2.05) is 6.08 Å². The van der Waals surface area contributed by atoms with Gasteiger partial charge in [-0.1, -0.05) is 239 Å². The van der Waals surface area contributed by atoms with E-state index in [1.54, 1.807) is 0 Å². The van der Waals surface area contributed by atoms with Gasteiger partial charge in [0.1, 0.15) is 13.2 Å². The first-order valence-electron chi connectivity index (χ1n) is 28.9. The molecule has 0 rings (SSSR count). The van der Waals surface area contributed by atoms with Crippen LogP contribution in [0.4, 0.5) is 0 Å². The van der Waals surface area contributed by atoms with Crippen LogP contribution in [0.1, 0.15) is 258 Å². The lowest BCUT2D eigenvalue weighted by Crippen LogP contribution is -2.30. The van der Waals surface area contributed by atoms with Gasteiger partial charge in [0.25, 0.3) is 0 Å². The Morgan fingerprint density at radius 2 is 0.629 bits per heavy atom. The van der Waals surface area contributed by atoms with Gasteiger partial charge in [-0.2, -0.15) is 0 Å². The maximum absolute atomic E-state index is 12.9. The molecule has 0 aliphatic carbocycles. The first kappa shape index (κ1) is 66.1. The van der Waals surface area contributed by atoms with Gasteiger partial charge in [0.15, 0.2) is 6.10 Å². The molecule has 0 radical (unpaired) electrons. The fourth-order valence-corrected chi connectivity index (χ4v) is 7.69. The molecule has 0 heterocycles. The number of esters is 3. The average Bonchev–Trinajstić information content (AvgIpc) is 3.36. The lowest BCUT2D eigenvalue weighted by atomic mass is 10.1. The van der Waals surface area contributed by atoms with Gasteiger partial charge in [0, 0.05) is 19.3 Å². The molecule has 0 aromatic carbocycles. The molecule has 6 nitrogen and oxygen atoms in total. The Bertz CT molecular complexity index is 1440. The highest BCUT2D eigenvalue weighted by molar-refractivity contribution is 5.71. The molecule has 0 N–H and O–H groups in total. The molecule has 0 saturated heterocycles. The van der Waals surface area contributed by atoms with E-state index in [9.17, 15) is 14.4 Å². The highest BCUT2D eigenvalue weighted by atomic mass is 16.6. The molecule has 0 fully saturated rings. The van der Waals surface area contributed by atoms with E-state index in [-0.39, 0.29) is 37.5 Å². The van der Waals surface area contributed by atoms with Crippen LogP contribution in [-0.2, 0) is 28.6 Å². The van der Waals surface area contributed by atoms with Crippen LogP contribution in [0.2, 0.25) is 0 Å². The number of unbranched alkanes of at least 4 members (excludes halogenated alkanes) is 23. The molecular weight excluding hydrogens is 865 g/mol. The predicted octanol–water partition coefficient (Wildman–Crippen LogP) is 19.5. The van der Waals surface area contributed by atoms with E-state index in [0.29, 0.717) is 19.3 Å². The highest BCUT2D eigenvalue weighted by Gasteiger charge is 2.19. The number of carbonyl (C=O) groups excluding carboxylic acids is 3. The van der Waals surface area contributed by atoms with Gasteiger partial charge in [-0.15, -0.1) is 0 Å². The Morgan fingerprint density at radius 3 is 1.06 bits per heavy atom. The Hall–Kier alpha value is -3.93. The molecular formula is C64H106O6. The van der Waals surface area contributed by atoms with Crippen LogP contribution in [0.15, 0.2) is 109 Å². The molecule has 0 aliphatic heterocycles. The molecule has 398 valence electrons. The SMILES string of the molecule is CC/C=C\C/C=C\C/C=C\C/C=C\C/C=C\C/C=C\CCC(=O)OCC(COC(=O)CCCCC/C=C\C=C/CCCCCCCCC)OC(=O)CCCCCCCCC/C=C\CCCCCCCC. The summed E-state index contributed by atoms with van der Waals surface area (Å²) in [6, 6.07) is 0. The van der Waals surface area contributed by atoms with Crippen LogP contribution in [0.5, 0.6) is 0 Å². The second-order valence-electron chi connectivity index (χ2n) is 18.8. The number of allylic oxidation sites excluding steroid dienone is 18. The molecule has 6 heteroatoms. The lowest BCUT2D eigenvalue weighted by molar-refractivity contribution is -0.166. The van der Waals surface area contributed by atoms with Crippen molar-refractivity contribution >= 4 is 17.9 Å². The van der Waals surface area contributed by atoms with Gasteiger partial charge >= 0.3 is 17.9 Å². The summed E-state index contributed by atoms with van der Waals surface area (Å²) in [6.45, 7) is 6.43. The summed E-state index contributed by atoms with van der Waals surface area (Å²) in [5.74, 6) is -1.03. The third kappa shape index (κ3) is 55.0. The summed E-state index contributed by atoms with van der Waals surface area (Å²) >= 11 is 0. The molecule has 0 aliphatic rings. The first-order chi connectivity index (χ1) is 34.5. The third-order valence-corrected chi connectivity index (χ3v) is 12.0. The second kappa shape index (κ2) is 57.6. The molecule has 0 saturated carbocycles. The van der Waals surface area contributed by atoms with Crippen molar-refractivity contribution < 1.29 is 28.6 Å². The summed E-state index contributed by atoms with van der Waals surface area (Å²) in [5.41, 5.74) is 0. The average molecular weight is 972 g/mol. The fraction of sp³-hybridized carbons (Fsp3) is 0.672. The molecule has 70 heavy (non-hydrogen) atoms. The second-order valence-corrected chi connectivity index (χ2v) is 18.8. The number of hydrogen-bond acceptors (Lipinski definition) is 6. The van der Waals surface area contributed by atoms with Crippen molar-refractivity contribution in [1.29, 1.82) is 0 Å². The van der Waals surface area contributed by atoms with Gasteiger partial charge in [-0.3, -0.25) is 14.4 Å². The number of ether oxygens (including phenoxy) is 3. The van der Waals surface area contributed by atoms with E-state index < -0.39 is 6.10 Å². The van der Waals surface area contributed by atoms with Crippen LogP contribution < -0.4 is 0 Å². The van der Waals surface area contributed by atoms with Crippen molar-refractivity contribution in [2.75, 3.05) is 13.2 Å². The summed E-state index contributed by atoms with van der Waals surface area (Å²) in [6.07, 6.45) is 78.0. The largest absolute Gasteiger partial charge is 0.462 e. The monoisotopic (exact) mass is 971 g/mol. The normalized spacial score (nSPS) is 12.9. The summed E-state index contributed by atoms with van der Waals surface area (Å²) in [4.78, 5) is 38.1. The third-order valence-electron chi connectivity index (χ3n) is 12.0. The topological polar surface area (TPSA) is 78.9 Å². The fourth-order valence-electron chi connectivity index (χ4n) is 7.69. The summed E-state index contributed by atoms with van der Waals surface area (Å²) < 4.78 is 16.8. The zero-order valence-corrected chi connectivity index (χ0v) is 45.5. The minimum atomic E-state index is -0.824. The number of carbonyl (C=O) groups is 3.